The number of aromatic amines is 1. The molecule has 2 amide bonds. The molecule has 0 spiro atoms. The van der Waals surface area contributed by atoms with Crippen molar-refractivity contribution < 1.29 is 9.53 Å². The minimum Gasteiger partial charge on any atom is -0.455 e. The van der Waals surface area contributed by atoms with Gasteiger partial charge in [-0.25, -0.2) is 4.79 Å². The van der Waals surface area contributed by atoms with Crippen LogP contribution in [0.2, 0.25) is 0 Å². The van der Waals surface area contributed by atoms with Gasteiger partial charge >= 0.3 is 6.03 Å². The first-order valence-corrected chi connectivity index (χ1v) is 6.70. The zero-order valence-electron chi connectivity index (χ0n) is 11.6. The number of hydrogen-bond acceptors (Lipinski definition) is 3. The molecule has 22 heavy (non-hydrogen) atoms. The van der Waals surface area contributed by atoms with Crippen molar-refractivity contribution in [1.29, 1.82) is 0 Å². The van der Waals surface area contributed by atoms with Gasteiger partial charge in [0.1, 0.15) is 5.75 Å². The number of anilines is 2. The molecule has 0 fully saturated rings. The molecule has 0 saturated heterocycles. The summed E-state index contributed by atoms with van der Waals surface area (Å²) in [6, 6.07) is 16.2. The second-order valence-electron chi connectivity index (χ2n) is 4.48. The summed E-state index contributed by atoms with van der Waals surface area (Å²) in [5, 5.41) is 11.8. The van der Waals surface area contributed by atoms with E-state index in [1.165, 1.54) is 6.20 Å². The molecule has 0 aliphatic heterocycles. The van der Waals surface area contributed by atoms with Crippen molar-refractivity contribution in [2.45, 2.75) is 0 Å². The third-order valence-electron chi connectivity index (χ3n) is 2.86. The lowest BCUT2D eigenvalue weighted by Crippen LogP contribution is -2.19. The number of aromatic nitrogens is 2. The van der Waals surface area contributed by atoms with Crippen LogP contribution >= 0.6 is 0 Å². The maximum atomic E-state index is 12.0. The van der Waals surface area contributed by atoms with E-state index in [1.54, 1.807) is 18.3 Å². The van der Waals surface area contributed by atoms with E-state index in [2.05, 4.69) is 20.8 Å². The van der Waals surface area contributed by atoms with Crippen LogP contribution in [0.15, 0.2) is 67.0 Å². The summed E-state index contributed by atoms with van der Waals surface area (Å²) < 4.78 is 5.78. The third kappa shape index (κ3) is 3.43. The van der Waals surface area contributed by atoms with Crippen molar-refractivity contribution in [2.75, 3.05) is 10.6 Å². The highest BCUT2D eigenvalue weighted by Crippen LogP contribution is 2.29. The van der Waals surface area contributed by atoms with Crippen LogP contribution in [0.1, 0.15) is 0 Å². The first-order valence-electron chi connectivity index (χ1n) is 6.70. The normalized spacial score (nSPS) is 10.0. The molecule has 0 aliphatic carbocycles. The highest BCUT2D eigenvalue weighted by molar-refractivity contribution is 6.00. The predicted molar refractivity (Wildman–Crippen MR) is 84.2 cm³/mol. The maximum absolute atomic E-state index is 12.0. The lowest BCUT2D eigenvalue weighted by molar-refractivity contribution is 0.262. The summed E-state index contributed by atoms with van der Waals surface area (Å²) in [7, 11) is 0. The van der Waals surface area contributed by atoms with Crippen molar-refractivity contribution in [3.05, 3.63) is 67.0 Å². The third-order valence-corrected chi connectivity index (χ3v) is 2.86. The van der Waals surface area contributed by atoms with Crippen molar-refractivity contribution in [3.63, 3.8) is 0 Å². The number of urea groups is 1. The van der Waals surface area contributed by atoms with Gasteiger partial charge in [0.15, 0.2) is 5.75 Å². The van der Waals surface area contributed by atoms with E-state index < -0.39 is 0 Å². The largest absolute Gasteiger partial charge is 0.455 e. The van der Waals surface area contributed by atoms with Gasteiger partial charge in [0.2, 0.25) is 0 Å². The van der Waals surface area contributed by atoms with Crippen LogP contribution in [0.25, 0.3) is 0 Å². The average Bonchev–Trinajstić information content (AvgIpc) is 3.03. The Labute approximate surface area is 127 Å². The number of nitrogens with one attached hydrogen (secondary N) is 3. The molecule has 3 aromatic rings. The van der Waals surface area contributed by atoms with Crippen molar-refractivity contribution >= 4 is 17.4 Å². The Bertz CT molecular complexity index is 742. The first-order chi connectivity index (χ1) is 10.8. The molecule has 0 radical (unpaired) electrons. The summed E-state index contributed by atoms with van der Waals surface area (Å²) in [6.07, 6.45) is 3.11. The summed E-state index contributed by atoms with van der Waals surface area (Å²) >= 11 is 0. The van der Waals surface area contributed by atoms with E-state index in [4.69, 9.17) is 4.74 Å². The van der Waals surface area contributed by atoms with Gasteiger partial charge in [0.05, 0.1) is 17.6 Å². The van der Waals surface area contributed by atoms with Crippen LogP contribution in [-0.2, 0) is 0 Å². The molecule has 2 aromatic carbocycles. The number of benzene rings is 2. The lowest BCUT2D eigenvalue weighted by Gasteiger charge is -2.12. The summed E-state index contributed by atoms with van der Waals surface area (Å²) in [5.41, 5.74) is 1.16. The fourth-order valence-corrected chi connectivity index (χ4v) is 1.88. The van der Waals surface area contributed by atoms with E-state index in [1.807, 2.05) is 42.5 Å². The fourth-order valence-electron chi connectivity index (χ4n) is 1.88. The second kappa shape index (κ2) is 6.45. The Balaban J connectivity index is 1.72. The number of para-hydroxylation sites is 3. The van der Waals surface area contributed by atoms with E-state index in [-0.39, 0.29) is 6.03 Å². The maximum Gasteiger partial charge on any atom is 0.323 e. The minimum atomic E-state index is -0.370. The monoisotopic (exact) mass is 294 g/mol. The van der Waals surface area contributed by atoms with Crippen molar-refractivity contribution in [3.8, 4) is 11.5 Å². The number of carbonyl (C=O) groups excluding carboxylic acids is 1. The molecule has 0 saturated carbocycles. The summed E-state index contributed by atoms with van der Waals surface area (Å²) in [4.78, 5) is 12.0. The van der Waals surface area contributed by atoms with Gasteiger partial charge in [0.25, 0.3) is 0 Å². The topological polar surface area (TPSA) is 79.0 Å². The number of amides is 2. The predicted octanol–water partition coefficient (Wildman–Crippen LogP) is 3.85. The van der Waals surface area contributed by atoms with Crippen LogP contribution in [0, 0.1) is 0 Å². The molecule has 0 bridgehead atoms. The van der Waals surface area contributed by atoms with Crippen LogP contribution in [0.3, 0.4) is 0 Å². The molecular weight excluding hydrogens is 280 g/mol. The number of hydrogen-bond donors (Lipinski definition) is 3. The number of nitrogens with zero attached hydrogens (tertiary/aromatic N) is 1. The quantitative estimate of drug-likeness (QED) is 0.684. The highest BCUT2D eigenvalue weighted by Gasteiger charge is 2.08. The van der Waals surface area contributed by atoms with E-state index >= 15 is 0 Å². The Morgan fingerprint density at radius 1 is 1.00 bits per heavy atom. The molecule has 0 unspecified atom stereocenters. The minimum absolute atomic E-state index is 0.370. The van der Waals surface area contributed by atoms with Gasteiger partial charge in [-0.2, -0.15) is 5.10 Å². The summed E-state index contributed by atoms with van der Waals surface area (Å²) in [5.74, 6) is 1.27. The van der Waals surface area contributed by atoms with Gasteiger partial charge in [-0.15, -0.1) is 0 Å². The summed E-state index contributed by atoms with van der Waals surface area (Å²) in [6.45, 7) is 0. The molecule has 6 nitrogen and oxygen atoms in total. The fraction of sp³-hybridized carbons (Fsp3) is 0. The second-order valence-corrected chi connectivity index (χ2v) is 4.48. The van der Waals surface area contributed by atoms with Gasteiger partial charge in [0, 0.05) is 6.20 Å². The van der Waals surface area contributed by atoms with Gasteiger partial charge < -0.3 is 15.4 Å². The molecule has 0 atom stereocenters. The molecule has 110 valence electrons. The van der Waals surface area contributed by atoms with E-state index in [0.29, 0.717) is 22.9 Å². The number of ether oxygens (including phenoxy) is 1. The number of rotatable bonds is 4. The van der Waals surface area contributed by atoms with Gasteiger partial charge in [-0.3, -0.25) is 5.10 Å². The van der Waals surface area contributed by atoms with E-state index in [0.717, 1.165) is 0 Å². The first kappa shape index (κ1) is 13.7. The van der Waals surface area contributed by atoms with Crippen LogP contribution in [0.5, 0.6) is 11.5 Å². The van der Waals surface area contributed by atoms with Crippen molar-refractivity contribution in [1.82, 2.24) is 10.2 Å². The Kier molecular flexibility index (Phi) is 4.01. The molecule has 3 N–H and O–H groups in total. The number of carbonyl (C=O) groups is 1. The van der Waals surface area contributed by atoms with Crippen LogP contribution in [-0.4, -0.2) is 16.2 Å². The SMILES string of the molecule is O=C(Nc1cn[nH]c1)Nc1ccccc1Oc1ccccc1. The van der Waals surface area contributed by atoms with Crippen LogP contribution in [0.4, 0.5) is 16.2 Å². The van der Waals surface area contributed by atoms with Crippen molar-refractivity contribution in [2.24, 2.45) is 0 Å². The molecule has 6 heteroatoms. The molecular formula is C16H14N4O2. The highest BCUT2D eigenvalue weighted by atomic mass is 16.5. The molecule has 3 rings (SSSR count). The smallest absolute Gasteiger partial charge is 0.323 e. The zero-order chi connectivity index (χ0) is 15.2. The molecule has 1 aromatic heterocycles. The average molecular weight is 294 g/mol. The van der Waals surface area contributed by atoms with Gasteiger partial charge in [-0.05, 0) is 24.3 Å². The zero-order valence-corrected chi connectivity index (χ0v) is 11.6. The standard InChI is InChI=1S/C16H14N4O2/c21-16(19-12-10-17-18-11-12)20-14-8-4-5-9-15(14)22-13-6-2-1-3-7-13/h1-11H,(H,17,18)(H2,19,20,21). The molecule has 0 aliphatic rings. The Morgan fingerprint density at radius 3 is 2.55 bits per heavy atom. The molecule has 1 heterocycles. The number of H-pyrrole nitrogens is 1. The van der Waals surface area contributed by atoms with E-state index in [9.17, 15) is 4.79 Å². The Morgan fingerprint density at radius 2 is 1.77 bits per heavy atom. The van der Waals surface area contributed by atoms with Gasteiger partial charge in [-0.1, -0.05) is 30.3 Å². The van der Waals surface area contributed by atoms with Crippen LogP contribution < -0.4 is 15.4 Å². The lowest BCUT2D eigenvalue weighted by atomic mass is 10.3. The Hall–Kier alpha value is -3.28.